The molecule has 1 heterocycles. The topological polar surface area (TPSA) is 149 Å². The van der Waals surface area contributed by atoms with Crippen LogP contribution in [-0.2, 0) is 14.3 Å². The molecule has 528 valence electrons. The zero-order chi connectivity index (χ0) is 64.2. The second kappa shape index (κ2) is 69.5. The fraction of sp³-hybridized carbons (Fsp3) is 0.938. The van der Waals surface area contributed by atoms with E-state index in [0.717, 1.165) is 44.9 Å². The summed E-state index contributed by atoms with van der Waals surface area (Å²) in [7, 11) is 0. The quantitative estimate of drug-likeness (QED) is 0.0261. The number of aliphatic hydroxyl groups is 5. The molecule has 0 aromatic heterocycles. The predicted molar refractivity (Wildman–Crippen MR) is 383 cm³/mol. The summed E-state index contributed by atoms with van der Waals surface area (Å²) in [6.07, 6.45) is 85.8. The van der Waals surface area contributed by atoms with E-state index in [1.165, 1.54) is 353 Å². The average Bonchev–Trinajstić information content (AvgIpc) is 2.59. The molecule has 0 aliphatic carbocycles. The molecule has 1 saturated heterocycles. The van der Waals surface area contributed by atoms with Gasteiger partial charge in [-0.25, -0.2) is 0 Å². The highest BCUT2D eigenvalue weighted by Gasteiger charge is 2.44. The maximum Gasteiger partial charge on any atom is 0.220 e. The second-order valence-electron chi connectivity index (χ2n) is 28.2. The van der Waals surface area contributed by atoms with E-state index < -0.39 is 49.5 Å². The van der Waals surface area contributed by atoms with Crippen LogP contribution in [0, 0.1) is 0 Å². The highest BCUT2D eigenvalue weighted by molar-refractivity contribution is 5.76. The van der Waals surface area contributed by atoms with Crippen molar-refractivity contribution in [2.75, 3.05) is 13.2 Å². The molecular formula is C80H155NO8. The zero-order valence-corrected chi connectivity index (χ0v) is 59.5. The van der Waals surface area contributed by atoms with E-state index >= 15 is 0 Å². The summed E-state index contributed by atoms with van der Waals surface area (Å²) < 4.78 is 11.4. The van der Waals surface area contributed by atoms with Crippen molar-refractivity contribution in [3.8, 4) is 0 Å². The number of hydrogen-bond acceptors (Lipinski definition) is 8. The van der Waals surface area contributed by atoms with Gasteiger partial charge in [0.1, 0.15) is 24.4 Å². The lowest BCUT2D eigenvalue weighted by Gasteiger charge is -2.40. The molecule has 1 amide bonds. The van der Waals surface area contributed by atoms with Gasteiger partial charge in [0.2, 0.25) is 5.91 Å². The normalized spacial score (nSPS) is 17.9. The first-order valence-corrected chi connectivity index (χ1v) is 40.0. The van der Waals surface area contributed by atoms with E-state index in [9.17, 15) is 30.3 Å². The van der Waals surface area contributed by atoms with E-state index in [1.54, 1.807) is 0 Å². The SMILES string of the molecule is CCCCCCC/C=C\C/C=C\CCCCCCCCCCCCCCCCCCCCCCCCCCCCCCCC(=O)NC(COC1OC(CO)C(O)C(O)C1O)C(O)CCCCCCCCCCCCCCCCCCCCCCCCCCC. The molecule has 0 saturated carbocycles. The van der Waals surface area contributed by atoms with Gasteiger partial charge in [-0.2, -0.15) is 0 Å². The van der Waals surface area contributed by atoms with Crippen molar-refractivity contribution in [1.29, 1.82) is 0 Å². The van der Waals surface area contributed by atoms with Crippen LogP contribution in [-0.4, -0.2) is 87.5 Å². The minimum absolute atomic E-state index is 0.132. The van der Waals surface area contributed by atoms with Crippen LogP contribution in [0.15, 0.2) is 24.3 Å². The summed E-state index contributed by atoms with van der Waals surface area (Å²) in [5, 5.41) is 55.1. The highest BCUT2D eigenvalue weighted by atomic mass is 16.7. The molecule has 1 aliphatic heterocycles. The van der Waals surface area contributed by atoms with Crippen molar-refractivity contribution in [2.24, 2.45) is 0 Å². The van der Waals surface area contributed by atoms with E-state index in [0.29, 0.717) is 12.8 Å². The molecule has 1 rings (SSSR count). The Morgan fingerprint density at radius 1 is 0.382 bits per heavy atom. The lowest BCUT2D eigenvalue weighted by Crippen LogP contribution is -2.60. The molecule has 0 spiro atoms. The second-order valence-corrected chi connectivity index (χ2v) is 28.2. The molecule has 89 heavy (non-hydrogen) atoms. The van der Waals surface area contributed by atoms with Gasteiger partial charge < -0.3 is 40.3 Å². The van der Waals surface area contributed by atoms with Crippen LogP contribution in [0.2, 0.25) is 0 Å². The van der Waals surface area contributed by atoms with Gasteiger partial charge in [-0.1, -0.05) is 398 Å². The molecule has 9 heteroatoms. The minimum Gasteiger partial charge on any atom is -0.394 e. The van der Waals surface area contributed by atoms with Crippen LogP contribution in [0.3, 0.4) is 0 Å². The molecule has 1 fully saturated rings. The Morgan fingerprint density at radius 3 is 0.966 bits per heavy atom. The predicted octanol–water partition coefficient (Wildman–Crippen LogP) is 22.8. The Morgan fingerprint density at radius 2 is 0.663 bits per heavy atom. The molecular weight excluding hydrogens is 1100 g/mol. The standard InChI is InChI=1S/C80H155NO8/c1-3-5-7-9-11-13-15-17-19-21-23-25-27-29-30-31-32-33-34-35-36-37-38-39-40-41-42-43-44-46-48-50-52-54-56-58-60-62-64-66-68-70-76(84)81-73(72-88-80-79(87)78(86)77(85)75(71-82)89-80)74(83)69-67-65-63-61-59-57-55-53-51-49-47-45-28-26-24-22-20-18-16-14-12-10-8-6-4-2/h15,17,21,23,73-75,77-80,82-83,85-87H,3-14,16,18-20,22,24-72H2,1-2H3,(H,81,84)/b17-15-,23-21-. The maximum atomic E-state index is 13.2. The minimum atomic E-state index is -1.55. The number of rotatable bonds is 72. The number of ether oxygens (including phenoxy) is 2. The monoisotopic (exact) mass is 1260 g/mol. The average molecular weight is 1260 g/mol. The third kappa shape index (κ3) is 57.8. The summed E-state index contributed by atoms with van der Waals surface area (Å²) in [4.78, 5) is 13.2. The van der Waals surface area contributed by atoms with Crippen molar-refractivity contribution < 1.29 is 39.8 Å². The van der Waals surface area contributed by atoms with Gasteiger partial charge in [-0.05, 0) is 44.9 Å². The van der Waals surface area contributed by atoms with Gasteiger partial charge in [0.25, 0.3) is 0 Å². The Kier molecular flexibility index (Phi) is 66.9. The van der Waals surface area contributed by atoms with Crippen LogP contribution in [0.5, 0.6) is 0 Å². The van der Waals surface area contributed by atoms with Crippen LogP contribution >= 0.6 is 0 Å². The molecule has 6 N–H and O–H groups in total. The van der Waals surface area contributed by atoms with Crippen LogP contribution in [0.4, 0.5) is 0 Å². The Balaban J connectivity index is 2.01. The zero-order valence-electron chi connectivity index (χ0n) is 59.5. The van der Waals surface area contributed by atoms with Crippen molar-refractivity contribution in [2.45, 2.75) is 468 Å². The molecule has 1 aliphatic rings. The van der Waals surface area contributed by atoms with Gasteiger partial charge in [-0.3, -0.25) is 4.79 Å². The molecule has 9 nitrogen and oxygen atoms in total. The fourth-order valence-corrected chi connectivity index (χ4v) is 13.3. The van der Waals surface area contributed by atoms with Gasteiger partial charge in [-0.15, -0.1) is 0 Å². The van der Waals surface area contributed by atoms with E-state index in [4.69, 9.17) is 9.47 Å². The summed E-state index contributed by atoms with van der Waals surface area (Å²) >= 11 is 0. The number of carbonyl (C=O) groups is 1. The maximum absolute atomic E-state index is 13.2. The summed E-state index contributed by atoms with van der Waals surface area (Å²) in [6, 6.07) is -0.717. The van der Waals surface area contributed by atoms with Crippen LogP contribution in [0.25, 0.3) is 0 Å². The van der Waals surface area contributed by atoms with E-state index in [-0.39, 0.29) is 12.5 Å². The largest absolute Gasteiger partial charge is 0.394 e. The summed E-state index contributed by atoms with van der Waals surface area (Å²) in [5.41, 5.74) is 0. The first-order valence-electron chi connectivity index (χ1n) is 40.0. The number of aliphatic hydroxyl groups excluding tert-OH is 5. The number of unbranched alkanes of at least 4 members (excludes halogenated alkanes) is 58. The lowest BCUT2D eigenvalue weighted by atomic mass is 9.99. The highest BCUT2D eigenvalue weighted by Crippen LogP contribution is 2.24. The fourth-order valence-electron chi connectivity index (χ4n) is 13.3. The smallest absolute Gasteiger partial charge is 0.220 e. The Bertz CT molecular complexity index is 1460. The molecule has 0 radical (unpaired) electrons. The van der Waals surface area contributed by atoms with Gasteiger partial charge in [0, 0.05) is 6.42 Å². The van der Waals surface area contributed by atoms with E-state index in [2.05, 4.69) is 43.5 Å². The van der Waals surface area contributed by atoms with Crippen LogP contribution < -0.4 is 5.32 Å². The van der Waals surface area contributed by atoms with Crippen molar-refractivity contribution in [1.82, 2.24) is 5.32 Å². The van der Waals surface area contributed by atoms with Crippen molar-refractivity contribution in [3.63, 3.8) is 0 Å². The number of carbonyl (C=O) groups excluding carboxylic acids is 1. The Labute approximate surface area is 553 Å². The van der Waals surface area contributed by atoms with Crippen molar-refractivity contribution >= 4 is 5.91 Å². The molecule has 0 aromatic rings. The first kappa shape index (κ1) is 85.7. The number of amides is 1. The van der Waals surface area contributed by atoms with Gasteiger partial charge in [0.05, 0.1) is 25.4 Å². The third-order valence-electron chi connectivity index (χ3n) is 19.6. The van der Waals surface area contributed by atoms with Gasteiger partial charge in [0.15, 0.2) is 6.29 Å². The van der Waals surface area contributed by atoms with Crippen molar-refractivity contribution in [3.05, 3.63) is 24.3 Å². The molecule has 7 unspecified atom stereocenters. The first-order chi connectivity index (χ1) is 43.8. The lowest BCUT2D eigenvalue weighted by molar-refractivity contribution is -0.302. The summed E-state index contributed by atoms with van der Waals surface area (Å²) in [6.45, 7) is 3.90. The molecule has 0 aromatic carbocycles. The van der Waals surface area contributed by atoms with Crippen LogP contribution in [0.1, 0.15) is 425 Å². The summed E-state index contributed by atoms with van der Waals surface area (Å²) in [5.74, 6) is -0.133. The molecule has 0 bridgehead atoms. The molecule has 7 atom stereocenters. The third-order valence-corrected chi connectivity index (χ3v) is 19.6. The number of nitrogens with one attached hydrogen (secondary N) is 1. The number of allylic oxidation sites excluding steroid dienone is 4. The van der Waals surface area contributed by atoms with Gasteiger partial charge >= 0.3 is 0 Å². The Hall–Kier alpha value is -1.33. The number of hydrogen-bond donors (Lipinski definition) is 6. The van der Waals surface area contributed by atoms with E-state index in [1.807, 2.05) is 0 Å².